The molecular weight excluding hydrogens is 342 g/mol. The lowest BCUT2D eigenvalue weighted by molar-refractivity contribution is -0.166. The number of hydroxylamine groups is 2. The first-order chi connectivity index (χ1) is 11.7. The topological polar surface area (TPSA) is 80.8 Å². The molecule has 0 spiro atoms. The van der Waals surface area contributed by atoms with Gasteiger partial charge < -0.3 is 0 Å². The van der Waals surface area contributed by atoms with Crippen LogP contribution in [0.2, 0.25) is 0 Å². The summed E-state index contributed by atoms with van der Waals surface area (Å²) in [5.74, 6) is -2.05. The molecule has 7 heteroatoms. The number of amides is 2. The van der Waals surface area contributed by atoms with Gasteiger partial charge in [-0.05, 0) is 50.2 Å². The van der Waals surface area contributed by atoms with Gasteiger partial charge in [-0.1, -0.05) is 29.8 Å². The van der Waals surface area contributed by atoms with E-state index in [1.807, 2.05) is 19.1 Å². The first kappa shape index (κ1) is 16.5. The van der Waals surface area contributed by atoms with Crippen LogP contribution in [0.15, 0.2) is 29.2 Å². The number of carbonyl (C=O) groups is 2. The highest BCUT2D eigenvalue weighted by molar-refractivity contribution is 7.86. The minimum absolute atomic E-state index is 0.00519. The SMILES string of the molecule is Cc1cc(C)c(S(=O)(=O)ON2C(=O)C3C4C=CC(C4)C3C2=O)c(C)c1. The summed E-state index contributed by atoms with van der Waals surface area (Å²) in [6.07, 6.45) is 4.68. The lowest BCUT2D eigenvalue weighted by Crippen LogP contribution is -2.35. The van der Waals surface area contributed by atoms with Gasteiger partial charge in [-0.25, -0.2) is 0 Å². The van der Waals surface area contributed by atoms with E-state index in [-0.39, 0.29) is 16.7 Å². The molecule has 3 aliphatic rings. The fraction of sp³-hybridized carbons (Fsp3) is 0.444. The number of rotatable bonds is 3. The first-order valence-corrected chi connectivity index (χ1v) is 9.70. The maximum absolute atomic E-state index is 12.7. The van der Waals surface area contributed by atoms with Crippen LogP contribution >= 0.6 is 0 Å². The second kappa shape index (κ2) is 5.25. The van der Waals surface area contributed by atoms with Crippen LogP contribution in [-0.2, 0) is 24.0 Å². The van der Waals surface area contributed by atoms with E-state index in [1.165, 1.54) is 0 Å². The molecule has 6 nitrogen and oxygen atoms in total. The summed E-state index contributed by atoms with van der Waals surface area (Å²) in [4.78, 5) is 25.2. The van der Waals surface area contributed by atoms with Gasteiger partial charge in [0.2, 0.25) is 0 Å². The molecule has 4 unspecified atom stereocenters. The molecule has 2 fully saturated rings. The number of nitrogens with zero attached hydrogens (tertiary/aromatic N) is 1. The van der Waals surface area contributed by atoms with E-state index >= 15 is 0 Å². The molecule has 0 aromatic heterocycles. The van der Waals surface area contributed by atoms with Gasteiger partial charge in [0, 0.05) is 0 Å². The minimum Gasteiger partial charge on any atom is -0.272 e. The molecule has 2 bridgehead atoms. The monoisotopic (exact) mass is 361 g/mol. The molecule has 2 aliphatic carbocycles. The Morgan fingerprint density at radius 3 is 1.92 bits per heavy atom. The Hall–Kier alpha value is -1.99. The molecule has 25 heavy (non-hydrogen) atoms. The van der Waals surface area contributed by atoms with Crippen LogP contribution in [0.1, 0.15) is 23.1 Å². The Kier molecular flexibility index (Phi) is 3.46. The average Bonchev–Trinajstić information content (AvgIpc) is 3.15. The number of aryl methyl sites for hydroxylation is 3. The van der Waals surface area contributed by atoms with E-state index in [1.54, 1.807) is 26.0 Å². The summed E-state index contributed by atoms with van der Waals surface area (Å²) in [6, 6.07) is 3.46. The third-order valence-corrected chi connectivity index (χ3v) is 6.95. The molecule has 4 rings (SSSR count). The second-order valence-corrected chi connectivity index (χ2v) is 8.69. The zero-order valence-electron chi connectivity index (χ0n) is 14.2. The normalized spacial score (nSPS) is 30.4. The van der Waals surface area contributed by atoms with Crippen molar-refractivity contribution in [3.8, 4) is 0 Å². The van der Waals surface area contributed by atoms with E-state index < -0.39 is 33.8 Å². The van der Waals surface area contributed by atoms with Gasteiger partial charge in [0.15, 0.2) is 0 Å². The highest BCUT2D eigenvalue weighted by Crippen LogP contribution is 2.52. The molecule has 132 valence electrons. The van der Waals surface area contributed by atoms with Gasteiger partial charge in [-0.15, -0.1) is 9.35 Å². The van der Waals surface area contributed by atoms with E-state index in [9.17, 15) is 18.0 Å². The summed E-state index contributed by atoms with van der Waals surface area (Å²) >= 11 is 0. The Labute approximate surface area is 146 Å². The van der Waals surface area contributed by atoms with E-state index in [0.717, 1.165) is 12.0 Å². The van der Waals surface area contributed by atoms with Crippen molar-refractivity contribution in [2.24, 2.45) is 23.7 Å². The van der Waals surface area contributed by atoms with Crippen LogP contribution < -0.4 is 0 Å². The van der Waals surface area contributed by atoms with Crippen molar-refractivity contribution < 1.29 is 22.3 Å². The molecule has 1 saturated carbocycles. The lowest BCUT2D eigenvalue weighted by atomic mass is 9.85. The summed E-state index contributed by atoms with van der Waals surface area (Å²) in [5, 5.41) is 0.482. The molecule has 0 N–H and O–H groups in total. The van der Waals surface area contributed by atoms with Gasteiger partial charge in [0.1, 0.15) is 4.90 Å². The average molecular weight is 361 g/mol. The molecule has 2 amide bonds. The number of hydrogen-bond donors (Lipinski definition) is 0. The molecular formula is C18H19NO5S. The lowest BCUT2D eigenvalue weighted by Gasteiger charge is -2.18. The van der Waals surface area contributed by atoms with Crippen LogP contribution in [0, 0.1) is 44.4 Å². The zero-order chi connectivity index (χ0) is 18.1. The van der Waals surface area contributed by atoms with Crippen LogP contribution in [-0.4, -0.2) is 25.3 Å². The number of imide groups is 1. The number of allylic oxidation sites excluding steroid dienone is 2. The highest BCUT2D eigenvalue weighted by atomic mass is 32.2. The number of benzene rings is 1. The number of carbonyl (C=O) groups excluding carboxylic acids is 2. The molecule has 1 heterocycles. The maximum Gasteiger partial charge on any atom is 0.318 e. The molecule has 1 aromatic rings. The van der Waals surface area contributed by atoms with E-state index in [2.05, 4.69) is 0 Å². The Morgan fingerprint density at radius 2 is 1.44 bits per heavy atom. The van der Waals surface area contributed by atoms with Crippen molar-refractivity contribution in [2.45, 2.75) is 32.1 Å². The predicted molar refractivity (Wildman–Crippen MR) is 88.5 cm³/mol. The van der Waals surface area contributed by atoms with Crippen molar-refractivity contribution in [3.63, 3.8) is 0 Å². The molecule has 0 radical (unpaired) electrons. The Morgan fingerprint density at radius 1 is 0.960 bits per heavy atom. The third kappa shape index (κ3) is 2.29. The largest absolute Gasteiger partial charge is 0.318 e. The maximum atomic E-state index is 12.7. The van der Waals surface area contributed by atoms with Crippen LogP contribution in [0.4, 0.5) is 0 Å². The van der Waals surface area contributed by atoms with Crippen molar-refractivity contribution in [1.29, 1.82) is 0 Å². The third-order valence-electron chi connectivity index (χ3n) is 5.46. The minimum atomic E-state index is -4.27. The summed E-state index contributed by atoms with van der Waals surface area (Å²) in [5.41, 5.74) is 1.98. The van der Waals surface area contributed by atoms with Crippen LogP contribution in [0.5, 0.6) is 0 Å². The predicted octanol–water partition coefficient (Wildman–Crippen LogP) is 2.04. The fourth-order valence-corrected chi connectivity index (χ4v) is 5.97. The van der Waals surface area contributed by atoms with E-state index in [0.29, 0.717) is 16.2 Å². The molecule has 1 aromatic carbocycles. The summed E-state index contributed by atoms with van der Waals surface area (Å²) in [7, 11) is -4.27. The fourth-order valence-electron chi connectivity index (χ4n) is 4.64. The smallest absolute Gasteiger partial charge is 0.272 e. The van der Waals surface area contributed by atoms with Crippen molar-refractivity contribution in [2.75, 3.05) is 0 Å². The van der Waals surface area contributed by atoms with Crippen molar-refractivity contribution >= 4 is 21.9 Å². The van der Waals surface area contributed by atoms with Gasteiger partial charge >= 0.3 is 10.1 Å². The number of fused-ring (bicyclic) bond motifs is 5. The molecule has 1 saturated heterocycles. The van der Waals surface area contributed by atoms with Gasteiger partial charge in [-0.3, -0.25) is 9.59 Å². The zero-order valence-corrected chi connectivity index (χ0v) is 15.0. The highest BCUT2D eigenvalue weighted by Gasteiger charge is 2.61. The molecule has 1 aliphatic heterocycles. The Balaban J connectivity index is 1.67. The quantitative estimate of drug-likeness (QED) is 0.608. The Bertz CT molecular complexity index is 880. The van der Waals surface area contributed by atoms with Crippen molar-refractivity contribution in [3.05, 3.63) is 41.0 Å². The van der Waals surface area contributed by atoms with Gasteiger partial charge in [-0.2, -0.15) is 8.42 Å². The van der Waals surface area contributed by atoms with Crippen LogP contribution in [0.25, 0.3) is 0 Å². The van der Waals surface area contributed by atoms with Crippen LogP contribution in [0.3, 0.4) is 0 Å². The summed E-state index contributed by atoms with van der Waals surface area (Å²) in [6.45, 7) is 5.21. The first-order valence-electron chi connectivity index (χ1n) is 8.29. The summed E-state index contributed by atoms with van der Waals surface area (Å²) < 4.78 is 30.5. The van der Waals surface area contributed by atoms with Crippen molar-refractivity contribution in [1.82, 2.24) is 5.06 Å². The van der Waals surface area contributed by atoms with E-state index in [4.69, 9.17) is 4.28 Å². The number of hydrogen-bond acceptors (Lipinski definition) is 5. The van der Waals surface area contributed by atoms with Gasteiger partial charge in [0.05, 0.1) is 11.8 Å². The standard InChI is InChI=1S/C18H19NO5S/c1-9-6-10(2)16(11(3)7-9)25(22,23)24-19-17(20)14-12-4-5-13(8-12)15(14)18(19)21/h4-7,12-15H,8H2,1-3H3. The second-order valence-electron chi connectivity index (χ2n) is 7.23. The van der Waals surface area contributed by atoms with Gasteiger partial charge in [0.25, 0.3) is 11.8 Å². The molecule has 4 atom stereocenters.